The molecule has 2 saturated carbocycles. The van der Waals surface area contributed by atoms with Crippen molar-refractivity contribution in [1.29, 1.82) is 0 Å². The van der Waals surface area contributed by atoms with Gasteiger partial charge in [-0.25, -0.2) is 0 Å². The van der Waals surface area contributed by atoms with E-state index < -0.39 is 29.6 Å². The van der Waals surface area contributed by atoms with E-state index >= 15 is 0 Å². The van der Waals surface area contributed by atoms with Gasteiger partial charge in [0.1, 0.15) is 0 Å². The molecular formula is C13H18F6. The molecule has 5 unspecified atom stereocenters. The van der Waals surface area contributed by atoms with E-state index in [0.29, 0.717) is 13.3 Å². The van der Waals surface area contributed by atoms with Gasteiger partial charge in [-0.1, -0.05) is 13.8 Å². The quantitative estimate of drug-likeness (QED) is 0.593. The second-order valence-corrected chi connectivity index (χ2v) is 6.42. The SMILES string of the molecule is CC1C2CC(C1C)C(C(C)(C(F)(F)F)C(F)(F)F)C2. The van der Waals surface area contributed by atoms with Crippen LogP contribution in [-0.4, -0.2) is 12.4 Å². The summed E-state index contributed by atoms with van der Waals surface area (Å²) < 4.78 is 78.5. The van der Waals surface area contributed by atoms with Gasteiger partial charge in [0.15, 0.2) is 5.41 Å². The molecule has 2 aliphatic rings. The summed E-state index contributed by atoms with van der Waals surface area (Å²) in [5, 5.41) is 0. The van der Waals surface area contributed by atoms with Crippen molar-refractivity contribution in [3.8, 4) is 0 Å². The van der Waals surface area contributed by atoms with Crippen molar-refractivity contribution in [2.24, 2.45) is 35.0 Å². The second-order valence-electron chi connectivity index (χ2n) is 6.42. The van der Waals surface area contributed by atoms with E-state index in [1.807, 2.05) is 6.92 Å². The van der Waals surface area contributed by atoms with Crippen molar-refractivity contribution < 1.29 is 26.3 Å². The Morgan fingerprint density at radius 3 is 1.58 bits per heavy atom. The van der Waals surface area contributed by atoms with E-state index in [0.717, 1.165) is 0 Å². The highest BCUT2D eigenvalue weighted by Crippen LogP contribution is 2.66. The lowest BCUT2D eigenvalue weighted by Crippen LogP contribution is -2.55. The summed E-state index contributed by atoms with van der Waals surface area (Å²) >= 11 is 0. The molecule has 6 heteroatoms. The van der Waals surface area contributed by atoms with Gasteiger partial charge in [-0.15, -0.1) is 0 Å². The molecule has 19 heavy (non-hydrogen) atoms. The molecule has 5 atom stereocenters. The predicted molar refractivity (Wildman–Crippen MR) is 58.2 cm³/mol. The average Bonchev–Trinajstić information content (AvgIpc) is 2.76. The van der Waals surface area contributed by atoms with Crippen LogP contribution in [0, 0.1) is 35.0 Å². The first-order valence-corrected chi connectivity index (χ1v) is 6.54. The van der Waals surface area contributed by atoms with Crippen LogP contribution < -0.4 is 0 Å². The van der Waals surface area contributed by atoms with Gasteiger partial charge in [0.05, 0.1) is 0 Å². The third-order valence-electron chi connectivity index (χ3n) is 5.82. The molecule has 2 fully saturated rings. The zero-order valence-electron chi connectivity index (χ0n) is 11.1. The topological polar surface area (TPSA) is 0 Å². The number of hydrogen-bond donors (Lipinski definition) is 0. The number of rotatable bonds is 1. The Bertz CT molecular complexity index is 339. The van der Waals surface area contributed by atoms with Gasteiger partial charge in [-0.05, 0) is 49.4 Å². The number of hydrogen-bond acceptors (Lipinski definition) is 0. The zero-order chi connectivity index (χ0) is 14.8. The normalized spacial score (nSPS) is 39.9. The molecular weight excluding hydrogens is 270 g/mol. The van der Waals surface area contributed by atoms with Gasteiger partial charge >= 0.3 is 12.4 Å². The minimum atomic E-state index is -5.25. The van der Waals surface area contributed by atoms with E-state index in [1.165, 1.54) is 0 Å². The Labute approximate surface area is 108 Å². The molecule has 2 rings (SSSR count). The third-order valence-corrected chi connectivity index (χ3v) is 5.82. The molecule has 0 amide bonds. The van der Waals surface area contributed by atoms with E-state index in [4.69, 9.17) is 0 Å². The smallest absolute Gasteiger partial charge is 0.170 e. The Hall–Kier alpha value is -0.420. The summed E-state index contributed by atoms with van der Waals surface area (Å²) in [6.07, 6.45) is -9.94. The van der Waals surface area contributed by atoms with Crippen LogP contribution in [0.3, 0.4) is 0 Å². The molecule has 0 radical (unpaired) electrons. The minimum absolute atomic E-state index is 0.00836. The van der Waals surface area contributed by atoms with Gasteiger partial charge in [0.25, 0.3) is 0 Å². The summed E-state index contributed by atoms with van der Waals surface area (Å²) in [6, 6.07) is 0. The molecule has 2 aliphatic carbocycles. The maximum Gasteiger partial charge on any atom is 0.403 e. The van der Waals surface area contributed by atoms with E-state index in [1.54, 1.807) is 6.92 Å². The molecule has 0 nitrogen and oxygen atoms in total. The van der Waals surface area contributed by atoms with E-state index in [2.05, 4.69) is 0 Å². The molecule has 112 valence electrons. The lowest BCUT2D eigenvalue weighted by atomic mass is 9.63. The van der Waals surface area contributed by atoms with Gasteiger partial charge in [0.2, 0.25) is 0 Å². The first-order chi connectivity index (χ1) is 8.41. The van der Waals surface area contributed by atoms with Crippen molar-refractivity contribution in [2.75, 3.05) is 0 Å². The zero-order valence-corrected chi connectivity index (χ0v) is 11.1. The summed E-state index contributed by atoms with van der Waals surface area (Å²) in [7, 11) is 0. The Morgan fingerprint density at radius 1 is 0.789 bits per heavy atom. The Kier molecular flexibility index (Phi) is 3.19. The highest BCUT2D eigenvalue weighted by Gasteiger charge is 2.74. The van der Waals surface area contributed by atoms with Crippen LogP contribution in [0.2, 0.25) is 0 Å². The molecule has 0 heterocycles. The van der Waals surface area contributed by atoms with Crippen LogP contribution in [-0.2, 0) is 0 Å². The monoisotopic (exact) mass is 288 g/mol. The predicted octanol–water partition coefficient (Wildman–Crippen LogP) is 5.05. The fourth-order valence-corrected chi connectivity index (χ4v) is 4.19. The van der Waals surface area contributed by atoms with Crippen LogP contribution >= 0.6 is 0 Å². The largest absolute Gasteiger partial charge is 0.403 e. The Balaban J connectivity index is 2.39. The average molecular weight is 288 g/mol. The lowest BCUT2D eigenvalue weighted by molar-refractivity contribution is -0.357. The summed E-state index contributed by atoms with van der Waals surface area (Å²) in [6.45, 7) is 4.06. The molecule has 0 aromatic rings. The fourth-order valence-electron chi connectivity index (χ4n) is 4.19. The molecule has 0 N–H and O–H groups in total. The van der Waals surface area contributed by atoms with E-state index in [9.17, 15) is 26.3 Å². The van der Waals surface area contributed by atoms with Crippen molar-refractivity contribution in [3.63, 3.8) is 0 Å². The van der Waals surface area contributed by atoms with Gasteiger partial charge in [-0.2, -0.15) is 26.3 Å². The van der Waals surface area contributed by atoms with Gasteiger partial charge in [-0.3, -0.25) is 0 Å². The van der Waals surface area contributed by atoms with Crippen LogP contribution in [0.4, 0.5) is 26.3 Å². The van der Waals surface area contributed by atoms with Crippen LogP contribution in [0.25, 0.3) is 0 Å². The van der Waals surface area contributed by atoms with Gasteiger partial charge < -0.3 is 0 Å². The number of fused-ring (bicyclic) bond motifs is 2. The number of halogens is 6. The van der Waals surface area contributed by atoms with Crippen LogP contribution in [0.15, 0.2) is 0 Å². The molecule has 0 aromatic carbocycles. The standard InChI is InChI=1S/C13H18F6/c1-6-7(2)9-4-8(6)5-10(9)11(3,12(14,15)16)13(17,18)19/h6-10H,4-5H2,1-3H3. The van der Waals surface area contributed by atoms with Crippen LogP contribution in [0.1, 0.15) is 33.6 Å². The third kappa shape index (κ3) is 1.88. The summed E-state index contributed by atoms with van der Waals surface area (Å²) in [5.41, 5.74) is -3.58. The lowest BCUT2D eigenvalue weighted by Gasteiger charge is -2.45. The van der Waals surface area contributed by atoms with Gasteiger partial charge in [0, 0.05) is 0 Å². The van der Waals surface area contributed by atoms with E-state index in [-0.39, 0.29) is 24.2 Å². The molecule has 2 bridgehead atoms. The first-order valence-electron chi connectivity index (χ1n) is 6.54. The molecule has 0 aromatic heterocycles. The van der Waals surface area contributed by atoms with Crippen LogP contribution in [0.5, 0.6) is 0 Å². The minimum Gasteiger partial charge on any atom is -0.170 e. The maximum absolute atomic E-state index is 13.1. The van der Waals surface area contributed by atoms with Crippen molar-refractivity contribution in [1.82, 2.24) is 0 Å². The second kappa shape index (κ2) is 4.04. The highest BCUT2D eigenvalue weighted by atomic mass is 19.4. The van der Waals surface area contributed by atoms with Crippen molar-refractivity contribution in [2.45, 2.75) is 46.0 Å². The summed E-state index contributed by atoms with van der Waals surface area (Å²) in [5.74, 6) is -1.62. The molecule has 0 saturated heterocycles. The number of alkyl halides is 6. The summed E-state index contributed by atoms with van der Waals surface area (Å²) in [4.78, 5) is 0. The molecule has 0 aliphatic heterocycles. The first kappa shape index (κ1) is 15.0. The fraction of sp³-hybridized carbons (Fsp3) is 1.00. The highest BCUT2D eigenvalue weighted by molar-refractivity contribution is 5.07. The Morgan fingerprint density at radius 2 is 1.26 bits per heavy atom. The molecule has 0 spiro atoms. The maximum atomic E-state index is 13.1. The van der Waals surface area contributed by atoms with Crippen molar-refractivity contribution >= 4 is 0 Å². The van der Waals surface area contributed by atoms with Crippen molar-refractivity contribution in [3.05, 3.63) is 0 Å².